The van der Waals surface area contributed by atoms with Gasteiger partial charge in [0.2, 0.25) is 0 Å². The van der Waals surface area contributed by atoms with Crippen molar-refractivity contribution in [1.29, 1.82) is 0 Å². The van der Waals surface area contributed by atoms with Crippen molar-refractivity contribution < 1.29 is 19.1 Å². The summed E-state index contributed by atoms with van der Waals surface area (Å²) in [7, 11) is 1.29. The van der Waals surface area contributed by atoms with Crippen LogP contribution >= 0.6 is 15.9 Å². The Morgan fingerprint density at radius 2 is 1.91 bits per heavy atom. The number of methoxy groups -OCH3 is 1. The topological polar surface area (TPSA) is 75.7 Å². The van der Waals surface area contributed by atoms with Crippen molar-refractivity contribution in [3.8, 4) is 0 Å². The number of esters is 1. The first-order chi connectivity index (χ1) is 10.3. The molecule has 2 rings (SSSR count). The molecule has 0 spiro atoms. The molecule has 1 aliphatic rings. The predicted octanol–water partition coefficient (Wildman–Crippen LogP) is 2.44. The van der Waals surface area contributed by atoms with Crippen LogP contribution in [0.4, 0.5) is 10.5 Å². The van der Waals surface area contributed by atoms with Crippen LogP contribution in [0.15, 0.2) is 16.6 Å². The van der Waals surface area contributed by atoms with Gasteiger partial charge in [-0.2, -0.15) is 0 Å². The highest BCUT2D eigenvalue weighted by atomic mass is 79.9. The standard InChI is InChI=1S/C15H17BrN2O4/c1-8-6-10(7-9(2)13(8)16)18-14(20)11(17-15(18)21)4-5-12(19)22-3/h6-7,11H,4-5H2,1-3H3,(H,17,21)/t11-/m1/s1. The summed E-state index contributed by atoms with van der Waals surface area (Å²) in [6.07, 6.45) is 0.307. The Hall–Kier alpha value is -1.89. The second-order valence-electron chi connectivity index (χ2n) is 5.18. The molecule has 1 aromatic rings. The summed E-state index contributed by atoms with van der Waals surface area (Å²) < 4.78 is 5.50. The van der Waals surface area contributed by atoms with Crippen LogP contribution in [-0.4, -0.2) is 31.1 Å². The number of halogens is 1. The Bertz CT molecular complexity index is 621. The van der Waals surface area contributed by atoms with Gasteiger partial charge in [-0.25, -0.2) is 9.69 Å². The number of amides is 3. The van der Waals surface area contributed by atoms with Gasteiger partial charge in [0.05, 0.1) is 12.8 Å². The first-order valence-electron chi connectivity index (χ1n) is 6.83. The Balaban J connectivity index is 2.20. The van der Waals surface area contributed by atoms with Crippen LogP contribution in [0.5, 0.6) is 0 Å². The number of nitrogens with one attached hydrogen (secondary N) is 1. The van der Waals surface area contributed by atoms with Crippen LogP contribution in [0.1, 0.15) is 24.0 Å². The van der Waals surface area contributed by atoms with E-state index >= 15 is 0 Å². The van der Waals surface area contributed by atoms with Gasteiger partial charge in [-0.1, -0.05) is 15.9 Å². The second-order valence-corrected chi connectivity index (χ2v) is 5.98. The third-order valence-corrected chi connectivity index (χ3v) is 4.81. The summed E-state index contributed by atoms with van der Waals surface area (Å²) in [5.41, 5.74) is 2.41. The molecule has 0 aliphatic carbocycles. The number of rotatable bonds is 4. The summed E-state index contributed by atoms with van der Waals surface area (Å²) in [5, 5.41) is 2.60. The molecule has 1 N–H and O–H groups in total. The summed E-state index contributed by atoms with van der Waals surface area (Å²) in [6, 6.07) is 2.38. The smallest absolute Gasteiger partial charge is 0.329 e. The highest BCUT2D eigenvalue weighted by Crippen LogP contribution is 2.29. The minimum atomic E-state index is -0.698. The van der Waals surface area contributed by atoms with E-state index in [0.29, 0.717) is 5.69 Å². The summed E-state index contributed by atoms with van der Waals surface area (Å²) in [4.78, 5) is 36.8. The number of urea groups is 1. The largest absolute Gasteiger partial charge is 0.469 e. The SMILES string of the molecule is COC(=O)CC[C@H]1NC(=O)N(c2cc(C)c(Br)c(C)c2)C1=O. The van der Waals surface area contributed by atoms with E-state index in [2.05, 4.69) is 26.0 Å². The lowest BCUT2D eigenvalue weighted by Gasteiger charge is -2.16. The van der Waals surface area contributed by atoms with Crippen molar-refractivity contribution >= 4 is 39.5 Å². The molecule has 1 heterocycles. The number of nitrogens with zero attached hydrogens (tertiary/aromatic N) is 1. The lowest BCUT2D eigenvalue weighted by atomic mass is 10.1. The molecule has 1 aromatic carbocycles. The Kier molecular flexibility index (Phi) is 4.85. The molecule has 1 aliphatic heterocycles. The van der Waals surface area contributed by atoms with Crippen LogP contribution in [0, 0.1) is 13.8 Å². The lowest BCUT2D eigenvalue weighted by Crippen LogP contribution is -2.31. The molecule has 22 heavy (non-hydrogen) atoms. The number of hydrogen-bond acceptors (Lipinski definition) is 4. The second kappa shape index (κ2) is 6.48. The van der Waals surface area contributed by atoms with Gasteiger partial charge in [0.1, 0.15) is 6.04 Å². The van der Waals surface area contributed by atoms with E-state index in [1.165, 1.54) is 7.11 Å². The normalized spacial score (nSPS) is 17.6. The predicted molar refractivity (Wildman–Crippen MR) is 84.7 cm³/mol. The van der Waals surface area contributed by atoms with Crippen LogP contribution in [0.3, 0.4) is 0 Å². The molecule has 1 fully saturated rings. The zero-order chi connectivity index (χ0) is 16.4. The third kappa shape index (κ3) is 3.14. The number of carbonyl (C=O) groups excluding carboxylic acids is 3. The Morgan fingerprint density at radius 1 is 1.32 bits per heavy atom. The number of benzene rings is 1. The van der Waals surface area contributed by atoms with Gasteiger partial charge in [-0.15, -0.1) is 0 Å². The number of hydrogen-bond donors (Lipinski definition) is 1. The number of ether oxygens (including phenoxy) is 1. The average Bonchev–Trinajstić information content (AvgIpc) is 2.76. The summed E-state index contributed by atoms with van der Waals surface area (Å²) in [6.45, 7) is 3.79. The fourth-order valence-corrected chi connectivity index (χ4v) is 2.62. The van der Waals surface area contributed by atoms with E-state index in [4.69, 9.17) is 0 Å². The number of aryl methyl sites for hydroxylation is 2. The first-order valence-corrected chi connectivity index (χ1v) is 7.62. The lowest BCUT2D eigenvalue weighted by molar-refractivity contribution is -0.140. The highest BCUT2D eigenvalue weighted by molar-refractivity contribution is 9.10. The van der Waals surface area contributed by atoms with E-state index in [1.807, 2.05) is 13.8 Å². The van der Waals surface area contributed by atoms with Gasteiger partial charge in [0.15, 0.2) is 0 Å². The minimum Gasteiger partial charge on any atom is -0.469 e. The van der Waals surface area contributed by atoms with E-state index in [1.54, 1.807) is 12.1 Å². The fourth-order valence-electron chi connectivity index (χ4n) is 2.39. The molecule has 0 saturated carbocycles. The Labute approximate surface area is 136 Å². The van der Waals surface area contributed by atoms with Gasteiger partial charge in [-0.05, 0) is 43.5 Å². The molecule has 1 saturated heterocycles. The van der Waals surface area contributed by atoms with Gasteiger partial charge in [0, 0.05) is 10.9 Å². The molecule has 118 valence electrons. The monoisotopic (exact) mass is 368 g/mol. The maximum Gasteiger partial charge on any atom is 0.329 e. The van der Waals surface area contributed by atoms with E-state index in [9.17, 15) is 14.4 Å². The van der Waals surface area contributed by atoms with Gasteiger partial charge in [-0.3, -0.25) is 9.59 Å². The molecule has 0 unspecified atom stereocenters. The number of anilines is 1. The highest BCUT2D eigenvalue weighted by Gasteiger charge is 2.39. The summed E-state index contributed by atoms with van der Waals surface area (Å²) >= 11 is 3.46. The van der Waals surface area contributed by atoms with Gasteiger partial charge in [0.25, 0.3) is 5.91 Å². The molecular formula is C15H17BrN2O4. The fraction of sp³-hybridized carbons (Fsp3) is 0.400. The molecule has 0 aromatic heterocycles. The van der Waals surface area contributed by atoms with Crippen molar-refractivity contribution in [3.63, 3.8) is 0 Å². The average molecular weight is 369 g/mol. The van der Waals surface area contributed by atoms with Crippen molar-refractivity contribution in [3.05, 3.63) is 27.7 Å². The van der Waals surface area contributed by atoms with Crippen molar-refractivity contribution in [2.24, 2.45) is 0 Å². The maximum absolute atomic E-state index is 12.4. The maximum atomic E-state index is 12.4. The minimum absolute atomic E-state index is 0.0828. The van der Waals surface area contributed by atoms with Gasteiger partial charge < -0.3 is 10.1 Å². The third-order valence-electron chi connectivity index (χ3n) is 3.56. The van der Waals surface area contributed by atoms with Crippen molar-refractivity contribution in [2.75, 3.05) is 12.0 Å². The number of carbonyl (C=O) groups is 3. The molecule has 6 nitrogen and oxygen atoms in total. The molecule has 1 atom stereocenters. The molecule has 7 heteroatoms. The first kappa shape index (κ1) is 16.5. The summed E-state index contributed by atoms with van der Waals surface area (Å²) in [5.74, 6) is -0.758. The van der Waals surface area contributed by atoms with Gasteiger partial charge >= 0.3 is 12.0 Å². The van der Waals surface area contributed by atoms with Crippen LogP contribution in [-0.2, 0) is 14.3 Å². The van der Waals surface area contributed by atoms with E-state index in [-0.39, 0.29) is 18.7 Å². The molecular weight excluding hydrogens is 352 g/mol. The van der Waals surface area contributed by atoms with Crippen LogP contribution < -0.4 is 10.2 Å². The van der Waals surface area contributed by atoms with E-state index < -0.39 is 18.0 Å². The van der Waals surface area contributed by atoms with Crippen LogP contribution in [0.2, 0.25) is 0 Å². The van der Waals surface area contributed by atoms with Crippen LogP contribution in [0.25, 0.3) is 0 Å². The molecule has 0 radical (unpaired) electrons. The Morgan fingerprint density at radius 3 is 2.45 bits per heavy atom. The number of imide groups is 1. The zero-order valence-corrected chi connectivity index (χ0v) is 14.2. The van der Waals surface area contributed by atoms with Crippen molar-refractivity contribution in [1.82, 2.24) is 5.32 Å². The van der Waals surface area contributed by atoms with Crippen molar-refractivity contribution in [2.45, 2.75) is 32.7 Å². The molecule has 3 amide bonds. The zero-order valence-electron chi connectivity index (χ0n) is 12.6. The quantitative estimate of drug-likeness (QED) is 0.654. The molecule has 0 bridgehead atoms. The van der Waals surface area contributed by atoms with E-state index in [0.717, 1.165) is 20.5 Å².